The summed E-state index contributed by atoms with van der Waals surface area (Å²) < 4.78 is 0. The molecule has 3 heteroatoms. The first kappa shape index (κ1) is 15.8. The zero-order valence-corrected chi connectivity index (χ0v) is 13.5. The number of rotatable bonds is 5. The van der Waals surface area contributed by atoms with Gasteiger partial charge in [-0.3, -0.25) is 0 Å². The summed E-state index contributed by atoms with van der Waals surface area (Å²) in [4.78, 5) is 0. The van der Waals surface area contributed by atoms with Gasteiger partial charge in [0.15, 0.2) is 0 Å². The molecule has 0 aromatic heterocycles. The molecule has 0 bridgehead atoms. The highest BCUT2D eigenvalue weighted by Crippen LogP contribution is 2.33. The van der Waals surface area contributed by atoms with Crippen LogP contribution in [-0.2, 0) is 0 Å². The lowest BCUT2D eigenvalue weighted by Gasteiger charge is -2.40. The third-order valence-corrected chi connectivity index (χ3v) is 6.38. The van der Waals surface area contributed by atoms with E-state index in [4.69, 9.17) is 0 Å². The van der Waals surface area contributed by atoms with E-state index in [9.17, 15) is 5.11 Å². The van der Waals surface area contributed by atoms with Gasteiger partial charge in [0.25, 0.3) is 0 Å². The maximum absolute atomic E-state index is 9.49. The lowest BCUT2D eigenvalue weighted by Crippen LogP contribution is -2.51. The second-order valence-corrected chi connectivity index (χ2v) is 7.65. The second kappa shape index (κ2) is 7.94. The van der Waals surface area contributed by atoms with Crippen molar-refractivity contribution in [3.8, 4) is 0 Å². The number of piperidine rings is 1. The Bertz CT molecular complexity index is 304. The van der Waals surface area contributed by atoms with Crippen LogP contribution in [0.5, 0.6) is 0 Å². The van der Waals surface area contributed by atoms with E-state index in [1.807, 2.05) is 0 Å². The van der Waals surface area contributed by atoms with E-state index in [1.165, 1.54) is 70.8 Å². The summed E-state index contributed by atoms with van der Waals surface area (Å²) in [5.41, 5.74) is 0. The minimum absolute atomic E-state index is 0.393. The molecule has 3 N–H and O–H groups in total. The van der Waals surface area contributed by atoms with Crippen LogP contribution in [0.25, 0.3) is 0 Å². The maximum atomic E-state index is 9.49. The van der Waals surface area contributed by atoms with Crippen molar-refractivity contribution in [2.24, 2.45) is 17.8 Å². The smallest absolute Gasteiger partial charge is 0.0462 e. The van der Waals surface area contributed by atoms with E-state index in [0.29, 0.717) is 18.6 Å². The van der Waals surface area contributed by atoms with Crippen LogP contribution in [0.15, 0.2) is 0 Å². The van der Waals surface area contributed by atoms with Crippen LogP contribution in [0, 0.1) is 17.8 Å². The number of hydrogen-bond acceptors (Lipinski definition) is 3. The zero-order valence-electron chi connectivity index (χ0n) is 13.5. The molecule has 1 saturated heterocycles. The predicted octanol–water partition coefficient (Wildman–Crippen LogP) is 2.69. The maximum Gasteiger partial charge on any atom is 0.0462 e. The van der Waals surface area contributed by atoms with E-state index in [-0.39, 0.29) is 0 Å². The third kappa shape index (κ3) is 4.00. The summed E-state index contributed by atoms with van der Waals surface area (Å²) in [7, 11) is 0. The summed E-state index contributed by atoms with van der Waals surface area (Å²) in [6.07, 6.45) is 13.6. The van der Waals surface area contributed by atoms with E-state index >= 15 is 0 Å². The van der Waals surface area contributed by atoms with Crippen LogP contribution in [-0.4, -0.2) is 36.9 Å². The molecule has 3 fully saturated rings. The molecule has 0 spiro atoms. The minimum atomic E-state index is 0.393. The van der Waals surface area contributed by atoms with Crippen LogP contribution >= 0.6 is 0 Å². The normalized spacial score (nSPS) is 41.3. The van der Waals surface area contributed by atoms with Crippen molar-refractivity contribution in [1.29, 1.82) is 0 Å². The van der Waals surface area contributed by atoms with Gasteiger partial charge in [0, 0.05) is 18.7 Å². The predicted molar refractivity (Wildman–Crippen MR) is 87.3 cm³/mol. The van der Waals surface area contributed by atoms with Crippen molar-refractivity contribution >= 4 is 0 Å². The van der Waals surface area contributed by atoms with Gasteiger partial charge in [-0.15, -0.1) is 0 Å². The molecule has 1 aliphatic heterocycles. The lowest BCUT2D eigenvalue weighted by molar-refractivity contribution is 0.159. The van der Waals surface area contributed by atoms with Crippen molar-refractivity contribution in [1.82, 2.24) is 10.6 Å². The molecule has 0 radical (unpaired) electrons. The molecule has 3 aliphatic rings. The van der Waals surface area contributed by atoms with Crippen molar-refractivity contribution in [3.05, 3.63) is 0 Å². The fraction of sp³-hybridized carbons (Fsp3) is 1.00. The van der Waals surface area contributed by atoms with Gasteiger partial charge < -0.3 is 15.7 Å². The molecular weight excluding hydrogens is 260 g/mol. The average molecular weight is 294 g/mol. The Morgan fingerprint density at radius 3 is 2.48 bits per heavy atom. The first-order valence-corrected chi connectivity index (χ1v) is 9.46. The molecule has 2 saturated carbocycles. The molecule has 5 atom stereocenters. The molecule has 0 amide bonds. The molecule has 0 aromatic rings. The fourth-order valence-electron chi connectivity index (χ4n) is 5.06. The first-order valence-electron chi connectivity index (χ1n) is 9.46. The van der Waals surface area contributed by atoms with Gasteiger partial charge >= 0.3 is 0 Å². The number of aliphatic hydroxyl groups excluding tert-OH is 1. The summed E-state index contributed by atoms with van der Waals surface area (Å²) in [6.45, 7) is 2.76. The monoisotopic (exact) mass is 294 g/mol. The average Bonchev–Trinajstić information content (AvgIpc) is 3.01. The Morgan fingerprint density at radius 1 is 0.857 bits per heavy atom. The number of aliphatic hydroxyl groups is 1. The van der Waals surface area contributed by atoms with E-state index < -0.39 is 0 Å². The Labute approximate surface area is 130 Å². The zero-order chi connectivity index (χ0) is 14.5. The van der Waals surface area contributed by atoms with Gasteiger partial charge in [0.2, 0.25) is 0 Å². The van der Waals surface area contributed by atoms with Crippen LogP contribution in [0.4, 0.5) is 0 Å². The summed E-state index contributed by atoms with van der Waals surface area (Å²) in [6, 6.07) is 1.48. The summed E-state index contributed by atoms with van der Waals surface area (Å²) >= 11 is 0. The molecule has 5 unspecified atom stereocenters. The van der Waals surface area contributed by atoms with Crippen molar-refractivity contribution in [2.75, 3.05) is 19.7 Å². The number of hydrogen-bond donors (Lipinski definition) is 3. The highest BCUT2D eigenvalue weighted by atomic mass is 16.3. The van der Waals surface area contributed by atoms with Crippen LogP contribution in [0.3, 0.4) is 0 Å². The van der Waals surface area contributed by atoms with Crippen molar-refractivity contribution in [3.63, 3.8) is 0 Å². The van der Waals surface area contributed by atoms with E-state index in [1.54, 1.807) is 0 Å². The first-order chi connectivity index (χ1) is 10.4. The van der Waals surface area contributed by atoms with Gasteiger partial charge in [-0.25, -0.2) is 0 Å². The highest BCUT2D eigenvalue weighted by Gasteiger charge is 2.33. The largest absolute Gasteiger partial charge is 0.396 e. The SMILES string of the molecule is OCC1CCCC1CNC1CCCCC1C1CCCCN1. The van der Waals surface area contributed by atoms with E-state index in [2.05, 4.69) is 10.6 Å². The quantitative estimate of drug-likeness (QED) is 0.730. The van der Waals surface area contributed by atoms with Crippen LogP contribution in [0.1, 0.15) is 64.2 Å². The van der Waals surface area contributed by atoms with Gasteiger partial charge in [0.05, 0.1) is 0 Å². The Kier molecular flexibility index (Phi) is 5.96. The Balaban J connectivity index is 1.51. The lowest BCUT2D eigenvalue weighted by atomic mass is 9.77. The Hall–Kier alpha value is -0.120. The van der Waals surface area contributed by atoms with Crippen molar-refractivity contribution < 1.29 is 5.11 Å². The topological polar surface area (TPSA) is 44.3 Å². The molecule has 122 valence electrons. The summed E-state index contributed by atoms with van der Waals surface area (Å²) in [5, 5.41) is 17.2. The van der Waals surface area contributed by atoms with Gasteiger partial charge in [-0.1, -0.05) is 25.7 Å². The molecule has 3 rings (SSSR count). The highest BCUT2D eigenvalue weighted by molar-refractivity contribution is 4.91. The van der Waals surface area contributed by atoms with Crippen molar-refractivity contribution in [2.45, 2.75) is 76.3 Å². The number of nitrogens with one attached hydrogen (secondary N) is 2. The van der Waals surface area contributed by atoms with Gasteiger partial charge in [-0.2, -0.15) is 0 Å². The molecule has 0 aromatic carbocycles. The molecule has 21 heavy (non-hydrogen) atoms. The Morgan fingerprint density at radius 2 is 1.67 bits per heavy atom. The molecular formula is C18H34N2O. The third-order valence-electron chi connectivity index (χ3n) is 6.38. The van der Waals surface area contributed by atoms with Crippen LogP contribution in [0.2, 0.25) is 0 Å². The molecule has 1 heterocycles. The fourth-order valence-corrected chi connectivity index (χ4v) is 5.06. The van der Waals surface area contributed by atoms with E-state index in [0.717, 1.165) is 24.4 Å². The van der Waals surface area contributed by atoms with Crippen LogP contribution < -0.4 is 10.6 Å². The molecule has 2 aliphatic carbocycles. The second-order valence-electron chi connectivity index (χ2n) is 7.65. The standard InChI is InChI=1S/C18H34N2O/c21-13-15-7-5-6-14(15)12-20-18-9-2-1-8-16(18)17-10-3-4-11-19-17/h14-21H,1-13H2. The minimum Gasteiger partial charge on any atom is -0.396 e. The molecule has 3 nitrogen and oxygen atoms in total. The van der Waals surface area contributed by atoms with Gasteiger partial charge in [0.1, 0.15) is 0 Å². The van der Waals surface area contributed by atoms with Gasteiger partial charge in [-0.05, 0) is 69.4 Å². The summed E-state index contributed by atoms with van der Waals surface area (Å²) in [5.74, 6) is 2.12.